The Bertz CT molecular complexity index is 1230. The van der Waals surface area contributed by atoms with Gasteiger partial charge in [0, 0.05) is 10.0 Å². The Morgan fingerprint density at radius 3 is 2.50 bits per heavy atom. The number of imidazole rings is 1. The molecule has 3 rings (SSSR count). The predicted molar refractivity (Wildman–Crippen MR) is 103 cm³/mol. The molecule has 0 saturated heterocycles. The van der Waals surface area contributed by atoms with Crippen LogP contribution in [0.25, 0.3) is 17.7 Å². The number of halogens is 1. The van der Waals surface area contributed by atoms with Gasteiger partial charge in [0.15, 0.2) is 0 Å². The molecule has 0 amide bonds. The molecule has 0 radical (unpaired) electrons. The van der Waals surface area contributed by atoms with E-state index >= 15 is 0 Å². The van der Waals surface area contributed by atoms with E-state index in [1.54, 1.807) is 19.1 Å². The van der Waals surface area contributed by atoms with Crippen molar-refractivity contribution >= 4 is 33.7 Å². The third-order valence-corrected chi connectivity index (χ3v) is 4.14. The first-order chi connectivity index (χ1) is 12.3. The van der Waals surface area contributed by atoms with Gasteiger partial charge in [0.05, 0.1) is 17.7 Å². The van der Waals surface area contributed by atoms with Gasteiger partial charge in [-0.1, -0.05) is 22.5 Å². The number of phenols is 1. The maximum Gasteiger partial charge on any atom is 0.272 e. The highest BCUT2D eigenvalue weighted by atomic mass is 79.9. The molecule has 8 heteroatoms. The van der Waals surface area contributed by atoms with Gasteiger partial charge in [-0.3, -0.25) is 9.59 Å². The highest BCUT2D eigenvalue weighted by Crippen LogP contribution is 2.21. The van der Waals surface area contributed by atoms with Crippen molar-refractivity contribution in [1.29, 1.82) is 0 Å². The van der Waals surface area contributed by atoms with Crippen molar-refractivity contribution in [2.75, 3.05) is 0 Å². The summed E-state index contributed by atoms with van der Waals surface area (Å²) in [6.07, 6.45) is 4.36. The molecule has 3 aromatic rings. The summed E-state index contributed by atoms with van der Waals surface area (Å²) in [6, 6.07) is 4.79. The van der Waals surface area contributed by atoms with Crippen molar-refractivity contribution in [1.82, 2.24) is 19.9 Å². The van der Waals surface area contributed by atoms with Crippen molar-refractivity contribution in [3.05, 3.63) is 83.9 Å². The molecular weight excluding hydrogens is 400 g/mol. The van der Waals surface area contributed by atoms with Crippen LogP contribution in [-0.4, -0.2) is 25.0 Å². The Kier molecular flexibility index (Phi) is 4.77. The number of hydrogen-bond acceptors (Lipinski definition) is 4. The normalized spacial score (nSPS) is 12.5. The van der Waals surface area contributed by atoms with Crippen LogP contribution in [0.15, 0.2) is 45.2 Å². The lowest BCUT2D eigenvalue weighted by atomic mass is 10.2. The summed E-state index contributed by atoms with van der Waals surface area (Å²) in [5.74, 6) is -0.00768. The number of phenolic OH excluding ortho intramolecular Hbond substituents is 1. The minimum absolute atomic E-state index is 0.00768. The fraction of sp³-hybridized carbons (Fsp3) is 0.0556. The van der Waals surface area contributed by atoms with Gasteiger partial charge in [-0.2, -0.15) is 0 Å². The molecule has 4 N–H and O–H groups in total. The van der Waals surface area contributed by atoms with E-state index < -0.39 is 11.1 Å². The van der Waals surface area contributed by atoms with Crippen LogP contribution < -0.4 is 21.8 Å². The first-order valence-electron chi connectivity index (χ1n) is 7.59. The zero-order chi connectivity index (χ0) is 18.8. The van der Waals surface area contributed by atoms with Crippen molar-refractivity contribution in [3.8, 4) is 5.75 Å². The van der Waals surface area contributed by atoms with Gasteiger partial charge >= 0.3 is 0 Å². The van der Waals surface area contributed by atoms with Crippen LogP contribution in [0.4, 0.5) is 0 Å². The Morgan fingerprint density at radius 2 is 1.85 bits per heavy atom. The van der Waals surface area contributed by atoms with Crippen molar-refractivity contribution < 1.29 is 5.11 Å². The minimum atomic E-state index is -0.498. The number of allylic oxidation sites excluding steroid dienone is 1. The van der Waals surface area contributed by atoms with E-state index in [0.29, 0.717) is 17.0 Å². The summed E-state index contributed by atoms with van der Waals surface area (Å²) >= 11 is 3.29. The van der Waals surface area contributed by atoms with E-state index in [9.17, 15) is 14.7 Å². The molecule has 0 aliphatic carbocycles. The van der Waals surface area contributed by atoms with E-state index in [0.717, 1.165) is 10.0 Å². The van der Waals surface area contributed by atoms with Gasteiger partial charge in [0.2, 0.25) is 0 Å². The van der Waals surface area contributed by atoms with E-state index in [-0.39, 0.29) is 16.4 Å². The quantitative estimate of drug-likeness (QED) is 0.510. The SMILES string of the molecule is C=C(C)c1[nH]cnc1/C=c1\[nH]c(=O)/c(=C/c2cc(Br)ccc2O)[nH]c1=O. The highest BCUT2D eigenvalue weighted by molar-refractivity contribution is 9.10. The van der Waals surface area contributed by atoms with Crippen LogP contribution >= 0.6 is 15.9 Å². The predicted octanol–water partition coefficient (Wildman–Crippen LogP) is 0.945. The molecule has 2 aromatic heterocycles. The van der Waals surface area contributed by atoms with Gasteiger partial charge in [-0.15, -0.1) is 0 Å². The Labute approximate surface area is 155 Å². The second-order valence-electron chi connectivity index (χ2n) is 5.67. The van der Waals surface area contributed by atoms with Crippen LogP contribution in [0, 0.1) is 0 Å². The standard InChI is InChI=1S/C18H15BrN4O3/c1-9(2)16-12(20-8-21-16)7-14-18(26)22-13(17(25)23-14)6-10-5-11(19)3-4-15(10)24/h3-8,24H,1H2,2H3,(H,20,21)(H,22,26)(H,23,25)/b13-6-,14-7-. The number of hydrogen-bond donors (Lipinski definition) is 4. The molecule has 0 bridgehead atoms. The lowest BCUT2D eigenvalue weighted by Crippen LogP contribution is -2.46. The Hall–Kier alpha value is -3.13. The molecule has 0 aliphatic heterocycles. The van der Waals surface area contributed by atoms with Gasteiger partial charge in [0.25, 0.3) is 11.1 Å². The molecule has 26 heavy (non-hydrogen) atoms. The summed E-state index contributed by atoms with van der Waals surface area (Å²) in [5.41, 5.74) is 1.35. The molecule has 7 nitrogen and oxygen atoms in total. The summed E-state index contributed by atoms with van der Waals surface area (Å²) in [5, 5.41) is 9.98. The maximum absolute atomic E-state index is 12.3. The number of H-pyrrole nitrogens is 3. The Balaban J connectivity index is 2.17. The molecule has 0 aliphatic rings. The lowest BCUT2D eigenvalue weighted by Gasteiger charge is -1.99. The van der Waals surface area contributed by atoms with Crippen LogP contribution in [0.5, 0.6) is 5.75 Å². The average molecular weight is 415 g/mol. The van der Waals surface area contributed by atoms with Gasteiger partial charge in [-0.05, 0) is 42.8 Å². The zero-order valence-corrected chi connectivity index (χ0v) is 15.3. The first-order valence-corrected chi connectivity index (χ1v) is 8.38. The molecule has 2 heterocycles. The summed E-state index contributed by atoms with van der Waals surface area (Å²) < 4.78 is 0.733. The summed E-state index contributed by atoms with van der Waals surface area (Å²) in [4.78, 5) is 36.8. The largest absolute Gasteiger partial charge is 0.507 e. The maximum atomic E-state index is 12.3. The van der Waals surface area contributed by atoms with E-state index in [4.69, 9.17) is 0 Å². The number of aromatic hydroxyl groups is 1. The van der Waals surface area contributed by atoms with Crippen molar-refractivity contribution in [2.24, 2.45) is 0 Å². The fourth-order valence-corrected chi connectivity index (χ4v) is 2.76. The number of rotatable bonds is 3. The third-order valence-electron chi connectivity index (χ3n) is 3.65. The summed E-state index contributed by atoms with van der Waals surface area (Å²) in [7, 11) is 0. The summed E-state index contributed by atoms with van der Waals surface area (Å²) in [6.45, 7) is 5.64. The molecule has 0 fully saturated rings. The van der Waals surface area contributed by atoms with Crippen LogP contribution in [-0.2, 0) is 0 Å². The van der Waals surface area contributed by atoms with Crippen LogP contribution in [0.2, 0.25) is 0 Å². The van der Waals surface area contributed by atoms with Crippen molar-refractivity contribution in [2.45, 2.75) is 6.92 Å². The van der Waals surface area contributed by atoms with E-state index in [2.05, 4.69) is 42.4 Å². The number of benzene rings is 1. The second-order valence-corrected chi connectivity index (χ2v) is 6.59. The second kappa shape index (κ2) is 7.01. The van der Waals surface area contributed by atoms with Gasteiger partial charge < -0.3 is 20.1 Å². The fourth-order valence-electron chi connectivity index (χ4n) is 2.39. The van der Waals surface area contributed by atoms with Gasteiger partial charge in [-0.25, -0.2) is 4.98 Å². The van der Waals surface area contributed by atoms with E-state index in [1.165, 1.54) is 24.5 Å². The van der Waals surface area contributed by atoms with Crippen LogP contribution in [0.3, 0.4) is 0 Å². The smallest absolute Gasteiger partial charge is 0.272 e. The molecule has 0 unspecified atom stereocenters. The molecule has 0 atom stereocenters. The molecule has 0 saturated carbocycles. The molecule has 1 aromatic carbocycles. The number of nitrogens with zero attached hydrogens (tertiary/aromatic N) is 1. The van der Waals surface area contributed by atoms with E-state index in [1.807, 2.05) is 0 Å². The monoisotopic (exact) mass is 414 g/mol. The third kappa shape index (κ3) is 3.60. The molecule has 0 spiro atoms. The van der Waals surface area contributed by atoms with Crippen LogP contribution in [0.1, 0.15) is 23.9 Å². The van der Waals surface area contributed by atoms with Gasteiger partial charge in [0.1, 0.15) is 16.4 Å². The number of nitrogens with one attached hydrogen (secondary N) is 3. The van der Waals surface area contributed by atoms with Crippen molar-refractivity contribution in [3.63, 3.8) is 0 Å². The molecular formula is C18H15BrN4O3. The number of aromatic nitrogens is 4. The lowest BCUT2D eigenvalue weighted by molar-refractivity contribution is 0.474. The Morgan fingerprint density at radius 1 is 1.19 bits per heavy atom. The first kappa shape index (κ1) is 17.7. The topological polar surface area (TPSA) is 115 Å². The highest BCUT2D eigenvalue weighted by Gasteiger charge is 2.05. The molecule has 132 valence electrons. The number of aromatic amines is 3. The zero-order valence-electron chi connectivity index (χ0n) is 13.8. The average Bonchev–Trinajstić information content (AvgIpc) is 3.04. The minimum Gasteiger partial charge on any atom is -0.507 e.